The first-order chi connectivity index (χ1) is 38.0. The quantitative estimate of drug-likeness (QED) is 0.0261. The van der Waals surface area contributed by atoms with Gasteiger partial charge in [0.2, 0.25) is 0 Å². The van der Waals surface area contributed by atoms with Gasteiger partial charge in [-0.15, -0.1) is 0 Å². The van der Waals surface area contributed by atoms with Gasteiger partial charge in [-0.05, 0) is 96.3 Å². The Hall–Kier alpha value is -3.15. The van der Waals surface area contributed by atoms with Crippen LogP contribution < -0.4 is 0 Å². The van der Waals surface area contributed by atoms with Crippen molar-refractivity contribution in [2.45, 2.75) is 348 Å². The monoisotopic (exact) mass is 1070 g/mol. The van der Waals surface area contributed by atoms with Crippen molar-refractivity contribution in [3.8, 4) is 0 Å². The van der Waals surface area contributed by atoms with E-state index >= 15 is 0 Å². The molecular formula is C71H126O6. The molecule has 0 aromatic heterocycles. The van der Waals surface area contributed by atoms with E-state index in [4.69, 9.17) is 14.2 Å². The molecule has 1 atom stereocenters. The van der Waals surface area contributed by atoms with Gasteiger partial charge in [0.1, 0.15) is 13.2 Å². The highest BCUT2D eigenvalue weighted by molar-refractivity contribution is 5.71. The van der Waals surface area contributed by atoms with Gasteiger partial charge in [0, 0.05) is 19.3 Å². The fourth-order valence-corrected chi connectivity index (χ4v) is 9.68. The van der Waals surface area contributed by atoms with E-state index in [9.17, 15) is 14.4 Å². The molecule has 0 saturated carbocycles. The largest absolute Gasteiger partial charge is 0.462 e. The van der Waals surface area contributed by atoms with E-state index in [1.54, 1.807) is 0 Å². The Balaban J connectivity index is 4.18. The van der Waals surface area contributed by atoms with Crippen molar-refractivity contribution in [3.63, 3.8) is 0 Å². The van der Waals surface area contributed by atoms with Crippen molar-refractivity contribution in [1.82, 2.24) is 0 Å². The SMILES string of the molecule is CC/C=C\C/C=C\C/C=C\C/C=C\CCC(=O)OCC(COC(=O)CCCCCCCCCCCCCCCCCCCCC/C=C\CCCCCCCCCC)OC(=O)CCCCCCC/C=C\CCCCCCCC. The van der Waals surface area contributed by atoms with Crippen molar-refractivity contribution in [2.24, 2.45) is 0 Å². The summed E-state index contributed by atoms with van der Waals surface area (Å²) in [5.41, 5.74) is 0. The Kier molecular flexibility index (Phi) is 62.7. The Morgan fingerprint density at radius 2 is 0.532 bits per heavy atom. The predicted molar refractivity (Wildman–Crippen MR) is 335 cm³/mol. The number of carbonyl (C=O) groups is 3. The van der Waals surface area contributed by atoms with Gasteiger partial charge in [0.15, 0.2) is 6.10 Å². The van der Waals surface area contributed by atoms with Crippen LogP contribution in [0.2, 0.25) is 0 Å². The molecule has 0 aliphatic carbocycles. The van der Waals surface area contributed by atoms with Gasteiger partial charge in [-0.2, -0.15) is 0 Å². The van der Waals surface area contributed by atoms with Gasteiger partial charge in [0.05, 0.1) is 0 Å². The number of ether oxygens (including phenoxy) is 3. The van der Waals surface area contributed by atoms with Crippen LogP contribution in [0.15, 0.2) is 72.9 Å². The van der Waals surface area contributed by atoms with Crippen LogP contribution in [0.25, 0.3) is 0 Å². The zero-order valence-electron chi connectivity index (χ0n) is 51.2. The van der Waals surface area contributed by atoms with Gasteiger partial charge in [-0.3, -0.25) is 14.4 Å². The number of allylic oxidation sites excluding steroid dienone is 12. The molecular weight excluding hydrogens is 949 g/mol. The van der Waals surface area contributed by atoms with Crippen molar-refractivity contribution in [3.05, 3.63) is 72.9 Å². The molecule has 0 radical (unpaired) electrons. The Morgan fingerprint density at radius 3 is 0.870 bits per heavy atom. The van der Waals surface area contributed by atoms with E-state index in [0.29, 0.717) is 19.3 Å². The maximum absolute atomic E-state index is 12.9. The first-order valence-corrected chi connectivity index (χ1v) is 33.4. The van der Waals surface area contributed by atoms with E-state index in [2.05, 4.69) is 87.6 Å². The summed E-state index contributed by atoms with van der Waals surface area (Å²) >= 11 is 0. The molecule has 446 valence electrons. The second kappa shape index (κ2) is 65.4. The third-order valence-corrected chi connectivity index (χ3v) is 14.7. The van der Waals surface area contributed by atoms with Crippen LogP contribution in [-0.2, 0) is 28.6 Å². The van der Waals surface area contributed by atoms with Crippen molar-refractivity contribution in [2.75, 3.05) is 13.2 Å². The maximum atomic E-state index is 12.9. The smallest absolute Gasteiger partial charge is 0.306 e. The molecule has 0 aliphatic rings. The topological polar surface area (TPSA) is 78.9 Å². The molecule has 77 heavy (non-hydrogen) atoms. The highest BCUT2D eigenvalue weighted by atomic mass is 16.6. The lowest BCUT2D eigenvalue weighted by Gasteiger charge is -2.18. The Labute approximate surface area is 478 Å². The van der Waals surface area contributed by atoms with Gasteiger partial charge in [-0.1, -0.05) is 299 Å². The fraction of sp³-hybridized carbons (Fsp3) is 0.789. The number of esters is 3. The molecule has 1 unspecified atom stereocenters. The summed E-state index contributed by atoms with van der Waals surface area (Å²) in [4.78, 5) is 38.2. The van der Waals surface area contributed by atoms with Crippen molar-refractivity contribution < 1.29 is 28.6 Å². The molecule has 0 fully saturated rings. The molecule has 0 spiro atoms. The van der Waals surface area contributed by atoms with Crippen molar-refractivity contribution >= 4 is 17.9 Å². The molecule has 6 nitrogen and oxygen atoms in total. The van der Waals surface area contributed by atoms with E-state index in [-0.39, 0.29) is 37.5 Å². The third kappa shape index (κ3) is 63.6. The lowest BCUT2D eigenvalue weighted by Crippen LogP contribution is -2.30. The number of unbranched alkanes of at least 4 members (excludes halogenated alkanes) is 38. The summed E-state index contributed by atoms with van der Waals surface area (Å²) < 4.78 is 16.8. The highest BCUT2D eigenvalue weighted by Gasteiger charge is 2.19. The van der Waals surface area contributed by atoms with Gasteiger partial charge in [0.25, 0.3) is 0 Å². The normalized spacial score (nSPS) is 12.5. The fourth-order valence-electron chi connectivity index (χ4n) is 9.68. The van der Waals surface area contributed by atoms with Crippen LogP contribution in [0, 0.1) is 0 Å². The molecule has 0 bridgehead atoms. The molecule has 0 aliphatic heterocycles. The van der Waals surface area contributed by atoms with E-state index in [0.717, 1.165) is 77.0 Å². The summed E-state index contributed by atoms with van der Waals surface area (Å²) in [5, 5.41) is 0. The standard InChI is InChI=1S/C71H126O6/c1-4-7-10-13-16-19-22-25-27-28-29-30-31-32-33-34-35-36-37-38-39-40-41-42-44-46-49-52-55-58-61-64-70(73)76-67-68(66-75-69(72)63-60-57-54-51-48-45-24-21-18-15-12-9-6-3)77-71(74)65-62-59-56-53-50-47-43-26-23-20-17-14-11-8-5-2/h9,12,18,21,26,28-29,43,45,48,54,57,68H,4-8,10-11,13-17,19-20,22-25,27,30-42,44,46-47,49-53,55-56,58-67H2,1-3H3/b12-9-,21-18-,29-28-,43-26-,48-45-,57-54-. The molecule has 0 aromatic carbocycles. The van der Waals surface area contributed by atoms with E-state index < -0.39 is 6.10 Å². The lowest BCUT2D eigenvalue weighted by molar-refractivity contribution is -0.166. The van der Waals surface area contributed by atoms with E-state index in [1.807, 2.05) is 6.08 Å². The number of rotatable bonds is 61. The van der Waals surface area contributed by atoms with Crippen LogP contribution in [0.5, 0.6) is 0 Å². The van der Waals surface area contributed by atoms with Gasteiger partial charge < -0.3 is 14.2 Å². The number of hydrogen-bond donors (Lipinski definition) is 0. The Bertz CT molecular complexity index is 1420. The molecule has 0 N–H and O–H groups in total. The van der Waals surface area contributed by atoms with Crippen LogP contribution in [-0.4, -0.2) is 37.2 Å². The molecule has 0 amide bonds. The average molecular weight is 1080 g/mol. The number of carbonyl (C=O) groups excluding carboxylic acids is 3. The van der Waals surface area contributed by atoms with Gasteiger partial charge >= 0.3 is 17.9 Å². The van der Waals surface area contributed by atoms with Crippen LogP contribution in [0.1, 0.15) is 342 Å². The van der Waals surface area contributed by atoms with Crippen molar-refractivity contribution in [1.29, 1.82) is 0 Å². The third-order valence-electron chi connectivity index (χ3n) is 14.7. The van der Waals surface area contributed by atoms with E-state index in [1.165, 1.54) is 218 Å². The first kappa shape index (κ1) is 73.8. The lowest BCUT2D eigenvalue weighted by atomic mass is 10.0. The predicted octanol–water partition coefficient (Wildman–Crippen LogP) is 22.9. The summed E-state index contributed by atoms with van der Waals surface area (Å²) in [6.07, 6.45) is 85.3. The first-order valence-electron chi connectivity index (χ1n) is 33.4. The van der Waals surface area contributed by atoms with Crippen LogP contribution in [0.4, 0.5) is 0 Å². The molecule has 0 heterocycles. The summed E-state index contributed by atoms with van der Waals surface area (Å²) in [6, 6.07) is 0. The second-order valence-corrected chi connectivity index (χ2v) is 22.3. The number of hydrogen-bond acceptors (Lipinski definition) is 6. The summed E-state index contributed by atoms with van der Waals surface area (Å²) in [5.74, 6) is -0.978. The Morgan fingerprint density at radius 1 is 0.273 bits per heavy atom. The highest BCUT2D eigenvalue weighted by Crippen LogP contribution is 2.17. The van der Waals surface area contributed by atoms with Crippen LogP contribution >= 0.6 is 0 Å². The zero-order chi connectivity index (χ0) is 55.7. The average Bonchev–Trinajstić information content (AvgIpc) is 3.43. The molecule has 0 saturated heterocycles. The minimum absolute atomic E-state index is 0.0981. The summed E-state index contributed by atoms with van der Waals surface area (Å²) in [7, 11) is 0. The minimum atomic E-state index is -0.808. The summed E-state index contributed by atoms with van der Waals surface area (Å²) in [6.45, 7) is 6.48. The molecule has 0 aromatic rings. The zero-order valence-corrected chi connectivity index (χ0v) is 51.2. The van der Waals surface area contributed by atoms with Crippen LogP contribution in [0.3, 0.4) is 0 Å². The minimum Gasteiger partial charge on any atom is -0.462 e. The maximum Gasteiger partial charge on any atom is 0.306 e. The second-order valence-electron chi connectivity index (χ2n) is 22.3. The molecule has 0 rings (SSSR count). The van der Waals surface area contributed by atoms with Gasteiger partial charge in [-0.25, -0.2) is 0 Å². The molecule has 6 heteroatoms.